The molecule has 0 radical (unpaired) electrons. The van der Waals surface area contributed by atoms with Crippen LogP contribution in [0.25, 0.3) is 0 Å². The molecule has 6 nitrogen and oxygen atoms in total. The van der Waals surface area contributed by atoms with E-state index in [9.17, 15) is 14.4 Å². The summed E-state index contributed by atoms with van der Waals surface area (Å²) >= 11 is 11.9. The molecule has 1 aromatic carbocycles. The van der Waals surface area contributed by atoms with Crippen molar-refractivity contribution in [2.45, 2.75) is 58.0 Å². The molecule has 0 bridgehead atoms. The first-order valence-electron chi connectivity index (χ1n) is 9.11. The number of benzene rings is 1. The highest BCUT2D eigenvalue weighted by Gasteiger charge is 2.47. The molecule has 0 spiro atoms. The Morgan fingerprint density at radius 2 is 1.96 bits per heavy atom. The Morgan fingerprint density at radius 3 is 2.63 bits per heavy atom. The molecule has 0 saturated carbocycles. The van der Waals surface area contributed by atoms with Crippen LogP contribution in [0.1, 0.15) is 51.5 Å². The first kappa shape index (κ1) is 21.5. The summed E-state index contributed by atoms with van der Waals surface area (Å²) in [4.78, 5) is 38.0. The number of rotatable bonds is 9. The molecule has 1 aliphatic rings. The molecule has 27 heavy (non-hydrogen) atoms. The van der Waals surface area contributed by atoms with Crippen molar-refractivity contribution in [1.29, 1.82) is 0 Å². The lowest BCUT2D eigenvalue weighted by atomic mass is 9.94. The molecule has 1 saturated heterocycles. The highest BCUT2D eigenvalue weighted by molar-refractivity contribution is 6.35. The molecule has 2 rings (SSSR count). The second-order valence-corrected chi connectivity index (χ2v) is 7.82. The lowest BCUT2D eigenvalue weighted by Crippen LogP contribution is -2.45. The minimum atomic E-state index is -0.940. The molecular weight excluding hydrogens is 389 g/mol. The van der Waals surface area contributed by atoms with E-state index in [2.05, 4.69) is 17.6 Å². The fourth-order valence-corrected chi connectivity index (χ4v) is 3.50. The monoisotopic (exact) mass is 413 g/mol. The van der Waals surface area contributed by atoms with Crippen LogP contribution in [-0.2, 0) is 16.1 Å². The van der Waals surface area contributed by atoms with Crippen LogP contribution in [0.15, 0.2) is 18.2 Å². The summed E-state index contributed by atoms with van der Waals surface area (Å²) in [5, 5.41) is 6.35. The van der Waals surface area contributed by atoms with Gasteiger partial charge in [-0.3, -0.25) is 14.5 Å². The number of carbonyl (C=O) groups is 3. The van der Waals surface area contributed by atoms with Crippen LogP contribution in [0.2, 0.25) is 10.0 Å². The van der Waals surface area contributed by atoms with Gasteiger partial charge in [0.1, 0.15) is 12.1 Å². The van der Waals surface area contributed by atoms with E-state index in [4.69, 9.17) is 23.2 Å². The van der Waals surface area contributed by atoms with Gasteiger partial charge in [0.25, 0.3) is 5.91 Å². The number of unbranched alkanes of at least 4 members (excludes halogenated alkanes) is 3. The molecule has 4 amide bonds. The summed E-state index contributed by atoms with van der Waals surface area (Å²) in [6.45, 7) is 3.69. The van der Waals surface area contributed by atoms with Gasteiger partial charge in [-0.15, -0.1) is 0 Å². The SMILES string of the molecule is CCCCCC[C@@]1(C)NC(=O)N(CC(=O)NCc2ccc(Cl)cc2Cl)C1=O. The van der Waals surface area contributed by atoms with Crippen molar-refractivity contribution in [2.75, 3.05) is 6.54 Å². The van der Waals surface area contributed by atoms with Gasteiger partial charge in [0.15, 0.2) is 0 Å². The molecule has 1 atom stereocenters. The van der Waals surface area contributed by atoms with Crippen LogP contribution in [0.3, 0.4) is 0 Å². The molecule has 0 aromatic heterocycles. The number of hydrogen-bond acceptors (Lipinski definition) is 3. The lowest BCUT2D eigenvalue weighted by Gasteiger charge is -2.21. The Balaban J connectivity index is 1.89. The second kappa shape index (κ2) is 9.42. The van der Waals surface area contributed by atoms with E-state index >= 15 is 0 Å². The largest absolute Gasteiger partial charge is 0.350 e. The molecule has 1 aliphatic heterocycles. The van der Waals surface area contributed by atoms with Gasteiger partial charge < -0.3 is 10.6 Å². The van der Waals surface area contributed by atoms with Crippen LogP contribution < -0.4 is 10.6 Å². The predicted molar refractivity (Wildman–Crippen MR) is 106 cm³/mol. The first-order valence-corrected chi connectivity index (χ1v) is 9.87. The van der Waals surface area contributed by atoms with Crippen LogP contribution in [0.4, 0.5) is 4.79 Å². The molecule has 0 unspecified atom stereocenters. The smallest absolute Gasteiger partial charge is 0.325 e. The minimum absolute atomic E-state index is 0.187. The summed E-state index contributed by atoms with van der Waals surface area (Å²) in [6, 6.07) is 4.45. The summed E-state index contributed by atoms with van der Waals surface area (Å²) in [5.74, 6) is -0.788. The molecule has 1 aromatic rings. The Bertz CT molecular complexity index is 726. The number of hydrogen-bond donors (Lipinski definition) is 2. The topological polar surface area (TPSA) is 78.5 Å². The van der Waals surface area contributed by atoms with Gasteiger partial charge in [0, 0.05) is 16.6 Å². The maximum Gasteiger partial charge on any atom is 0.325 e. The van der Waals surface area contributed by atoms with E-state index in [0.29, 0.717) is 22.0 Å². The highest BCUT2D eigenvalue weighted by atomic mass is 35.5. The van der Waals surface area contributed by atoms with Gasteiger partial charge in [-0.05, 0) is 31.0 Å². The van der Waals surface area contributed by atoms with Crippen LogP contribution in [0, 0.1) is 0 Å². The number of carbonyl (C=O) groups excluding carboxylic acids is 3. The number of nitrogens with zero attached hydrogens (tertiary/aromatic N) is 1. The molecule has 8 heteroatoms. The number of halogens is 2. The average Bonchev–Trinajstić information content (AvgIpc) is 2.81. The Labute approximate surface area is 169 Å². The average molecular weight is 414 g/mol. The molecular formula is C19H25Cl2N3O3. The maximum absolute atomic E-state index is 12.6. The van der Waals surface area contributed by atoms with E-state index in [0.717, 1.165) is 30.6 Å². The number of urea groups is 1. The molecule has 1 fully saturated rings. The molecule has 148 valence electrons. The third-order valence-corrected chi connectivity index (χ3v) is 5.26. The van der Waals surface area contributed by atoms with E-state index in [1.165, 1.54) is 0 Å². The summed E-state index contributed by atoms with van der Waals surface area (Å²) in [5.41, 5.74) is -0.239. The second-order valence-electron chi connectivity index (χ2n) is 6.98. The van der Waals surface area contributed by atoms with Crippen molar-refractivity contribution < 1.29 is 14.4 Å². The van der Waals surface area contributed by atoms with E-state index in [-0.39, 0.29) is 19.0 Å². The van der Waals surface area contributed by atoms with Crippen molar-refractivity contribution in [3.63, 3.8) is 0 Å². The third kappa shape index (κ3) is 5.59. The Morgan fingerprint density at radius 1 is 1.22 bits per heavy atom. The quantitative estimate of drug-likeness (QED) is 0.475. The van der Waals surface area contributed by atoms with Crippen molar-refractivity contribution in [3.8, 4) is 0 Å². The third-order valence-electron chi connectivity index (χ3n) is 4.67. The van der Waals surface area contributed by atoms with E-state index in [1.54, 1.807) is 25.1 Å². The van der Waals surface area contributed by atoms with Crippen molar-refractivity contribution in [1.82, 2.24) is 15.5 Å². The van der Waals surface area contributed by atoms with Gasteiger partial charge in [0.2, 0.25) is 5.91 Å². The summed E-state index contributed by atoms with van der Waals surface area (Å²) < 4.78 is 0. The van der Waals surface area contributed by atoms with Crippen molar-refractivity contribution >= 4 is 41.0 Å². The number of amides is 4. The van der Waals surface area contributed by atoms with Gasteiger partial charge in [-0.1, -0.05) is 61.9 Å². The van der Waals surface area contributed by atoms with Crippen molar-refractivity contribution in [2.24, 2.45) is 0 Å². The fraction of sp³-hybridized carbons (Fsp3) is 0.526. The molecule has 1 heterocycles. The summed E-state index contributed by atoms with van der Waals surface area (Å²) in [6.07, 6.45) is 4.62. The van der Waals surface area contributed by atoms with E-state index in [1.807, 2.05) is 0 Å². The first-order chi connectivity index (χ1) is 12.8. The zero-order valence-corrected chi connectivity index (χ0v) is 17.1. The van der Waals surface area contributed by atoms with E-state index < -0.39 is 17.5 Å². The predicted octanol–water partition coefficient (Wildman–Crippen LogP) is 3.89. The Hall–Kier alpha value is -1.79. The Kier molecular flexibility index (Phi) is 7.50. The van der Waals surface area contributed by atoms with Crippen molar-refractivity contribution in [3.05, 3.63) is 33.8 Å². The van der Waals surface area contributed by atoms with Gasteiger partial charge in [-0.2, -0.15) is 0 Å². The highest BCUT2D eigenvalue weighted by Crippen LogP contribution is 2.24. The zero-order valence-electron chi connectivity index (χ0n) is 15.6. The fourth-order valence-electron chi connectivity index (χ4n) is 3.02. The van der Waals surface area contributed by atoms with Crippen LogP contribution >= 0.6 is 23.2 Å². The molecule has 2 N–H and O–H groups in total. The normalized spacial score (nSPS) is 19.3. The van der Waals surface area contributed by atoms with Gasteiger partial charge >= 0.3 is 6.03 Å². The number of imide groups is 1. The summed E-state index contributed by atoms with van der Waals surface area (Å²) in [7, 11) is 0. The van der Waals surface area contributed by atoms with Crippen LogP contribution in [-0.4, -0.2) is 34.8 Å². The minimum Gasteiger partial charge on any atom is -0.350 e. The molecule has 0 aliphatic carbocycles. The zero-order chi connectivity index (χ0) is 20.0. The standard InChI is InChI=1S/C19H25Cl2N3O3/c1-3-4-5-6-9-19(2)17(26)24(18(27)23-19)12-16(25)22-11-13-7-8-14(20)10-15(13)21/h7-8,10H,3-6,9,11-12H2,1-2H3,(H,22,25)(H,23,27)/t19-/m1/s1. The maximum atomic E-state index is 12.6. The van der Waals surface area contributed by atoms with Crippen LogP contribution in [0.5, 0.6) is 0 Å². The van der Waals surface area contributed by atoms with Gasteiger partial charge in [0.05, 0.1) is 0 Å². The number of nitrogens with one attached hydrogen (secondary N) is 2. The lowest BCUT2D eigenvalue weighted by molar-refractivity contribution is -0.134. The van der Waals surface area contributed by atoms with Gasteiger partial charge in [-0.25, -0.2) is 4.79 Å².